The first-order chi connectivity index (χ1) is 8.43. The monoisotopic (exact) mass is 289 g/mol. The molecule has 0 saturated carbocycles. The third-order valence-corrected chi connectivity index (χ3v) is 3.27. The summed E-state index contributed by atoms with van der Waals surface area (Å²) in [5.74, 6) is -0.256. The highest BCUT2D eigenvalue weighted by Gasteiger charge is 2.16. The summed E-state index contributed by atoms with van der Waals surface area (Å²) in [6, 6.07) is 5.59. The van der Waals surface area contributed by atoms with Crippen molar-refractivity contribution in [2.75, 3.05) is 13.7 Å². The van der Waals surface area contributed by atoms with Gasteiger partial charge in [-0.2, -0.15) is 0 Å². The highest BCUT2D eigenvalue weighted by Crippen LogP contribution is 2.22. The van der Waals surface area contributed by atoms with Crippen molar-refractivity contribution in [3.8, 4) is 0 Å². The van der Waals surface area contributed by atoms with E-state index in [2.05, 4.69) is 4.74 Å². The zero-order valence-electron chi connectivity index (χ0n) is 10.7. The topological polar surface area (TPSA) is 29.5 Å². The van der Waals surface area contributed by atoms with Crippen molar-refractivity contribution in [1.29, 1.82) is 0 Å². The minimum Gasteiger partial charge on any atom is -0.468 e. The van der Waals surface area contributed by atoms with Crippen LogP contribution in [0.3, 0.4) is 0 Å². The van der Waals surface area contributed by atoms with Gasteiger partial charge < -0.3 is 4.74 Å². The van der Waals surface area contributed by atoms with Crippen LogP contribution >= 0.6 is 23.2 Å². The molecule has 0 atom stereocenters. The molecule has 0 spiro atoms. The first kappa shape index (κ1) is 15.3. The average Bonchev–Trinajstić information content (AvgIpc) is 2.30. The molecule has 0 N–H and O–H groups in total. The Hall–Kier alpha value is -0.770. The molecule has 0 saturated heterocycles. The molecule has 0 aliphatic rings. The van der Waals surface area contributed by atoms with Crippen LogP contribution in [0, 0.1) is 0 Å². The van der Waals surface area contributed by atoms with Crippen molar-refractivity contribution >= 4 is 29.2 Å². The van der Waals surface area contributed by atoms with Crippen LogP contribution in [0.4, 0.5) is 0 Å². The fourth-order valence-electron chi connectivity index (χ4n) is 1.52. The highest BCUT2D eigenvalue weighted by molar-refractivity contribution is 6.35. The number of halogens is 2. The number of rotatable bonds is 5. The van der Waals surface area contributed by atoms with Gasteiger partial charge in [0.25, 0.3) is 0 Å². The summed E-state index contributed by atoms with van der Waals surface area (Å²) in [6.45, 7) is 4.87. The molecule has 1 aromatic carbocycles. The molecule has 18 heavy (non-hydrogen) atoms. The number of carbonyl (C=O) groups excluding carboxylic acids is 1. The molecule has 0 aliphatic heterocycles. The Morgan fingerprint density at radius 3 is 2.56 bits per heavy atom. The van der Waals surface area contributed by atoms with E-state index in [4.69, 9.17) is 23.2 Å². The molecule has 1 aromatic rings. The largest absolute Gasteiger partial charge is 0.468 e. The molecule has 0 aromatic heterocycles. The molecule has 1 rings (SSSR count). The zero-order chi connectivity index (χ0) is 13.7. The molecule has 0 fully saturated rings. The third kappa shape index (κ3) is 4.48. The van der Waals surface area contributed by atoms with Crippen LogP contribution in [-0.2, 0) is 16.1 Å². The molecule has 100 valence electrons. The lowest BCUT2D eigenvalue weighted by Crippen LogP contribution is -2.35. The predicted octanol–water partition coefficient (Wildman–Crippen LogP) is 3.38. The summed E-state index contributed by atoms with van der Waals surface area (Å²) < 4.78 is 4.68. The molecular weight excluding hydrogens is 273 g/mol. The number of carbonyl (C=O) groups is 1. The molecular formula is C13H17Cl2NO2. The Labute approximate surface area is 118 Å². The number of esters is 1. The van der Waals surface area contributed by atoms with Gasteiger partial charge in [-0.3, -0.25) is 9.69 Å². The molecule has 0 heterocycles. The second kappa shape index (κ2) is 6.98. The van der Waals surface area contributed by atoms with E-state index in [1.165, 1.54) is 7.11 Å². The van der Waals surface area contributed by atoms with Gasteiger partial charge in [-0.1, -0.05) is 29.3 Å². The number of nitrogens with zero attached hydrogens (tertiary/aromatic N) is 1. The molecule has 5 heteroatoms. The lowest BCUT2D eigenvalue weighted by molar-refractivity contribution is -0.142. The molecule has 0 unspecified atom stereocenters. The first-order valence-corrected chi connectivity index (χ1v) is 6.44. The lowest BCUT2D eigenvalue weighted by Gasteiger charge is -2.25. The van der Waals surface area contributed by atoms with Crippen molar-refractivity contribution in [3.05, 3.63) is 33.8 Å². The normalized spacial score (nSPS) is 11.1. The maximum atomic E-state index is 11.3. The van der Waals surface area contributed by atoms with E-state index in [9.17, 15) is 4.79 Å². The van der Waals surface area contributed by atoms with Gasteiger partial charge in [0.05, 0.1) is 13.7 Å². The van der Waals surface area contributed by atoms with E-state index >= 15 is 0 Å². The highest BCUT2D eigenvalue weighted by atomic mass is 35.5. The SMILES string of the molecule is COC(=O)CN(Cc1ccc(Cl)cc1Cl)C(C)C. The summed E-state index contributed by atoms with van der Waals surface area (Å²) in [6.07, 6.45) is 0. The first-order valence-electron chi connectivity index (χ1n) is 5.68. The number of ether oxygens (including phenoxy) is 1. The van der Waals surface area contributed by atoms with Crippen LogP contribution in [0.1, 0.15) is 19.4 Å². The Morgan fingerprint density at radius 2 is 2.06 bits per heavy atom. The van der Waals surface area contributed by atoms with Gasteiger partial charge in [0.15, 0.2) is 0 Å². The summed E-state index contributed by atoms with van der Waals surface area (Å²) in [5, 5.41) is 1.21. The second-order valence-corrected chi connectivity index (χ2v) is 5.15. The molecule has 0 bridgehead atoms. The minimum atomic E-state index is -0.256. The number of hydrogen-bond donors (Lipinski definition) is 0. The van der Waals surface area contributed by atoms with Crippen LogP contribution in [0.15, 0.2) is 18.2 Å². The van der Waals surface area contributed by atoms with Gasteiger partial charge in [-0.05, 0) is 31.5 Å². The van der Waals surface area contributed by atoms with Crippen molar-refractivity contribution in [3.63, 3.8) is 0 Å². The Kier molecular flexibility index (Phi) is 5.93. The van der Waals surface area contributed by atoms with Gasteiger partial charge in [0.1, 0.15) is 0 Å². The van der Waals surface area contributed by atoms with Crippen LogP contribution in [0.2, 0.25) is 10.0 Å². The average molecular weight is 290 g/mol. The maximum absolute atomic E-state index is 11.3. The summed E-state index contributed by atoms with van der Waals surface area (Å²) in [5.41, 5.74) is 0.943. The fraction of sp³-hybridized carbons (Fsp3) is 0.462. The standard InChI is InChI=1S/C13H17Cl2NO2/c1-9(2)16(8-13(17)18-3)7-10-4-5-11(14)6-12(10)15/h4-6,9H,7-8H2,1-3H3. The number of methoxy groups -OCH3 is 1. The van der Waals surface area contributed by atoms with Crippen LogP contribution in [0.25, 0.3) is 0 Å². The van der Waals surface area contributed by atoms with Crippen LogP contribution in [0.5, 0.6) is 0 Å². The number of benzene rings is 1. The van der Waals surface area contributed by atoms with Crippen LogP contribution in [-0.4, -0.2) is 30.6 Å². The predicted molar refractivity (Wildman–Crippen MR) is 74.0 cm³/mol. The van der Waals surface area contributed by atoms with Gasteiger partial charge >= 0.3 is 5.97 Å². The van der Waals surface area contributed by atoms with E-state index in [0.29, 0.717) is 16.6 Å². The van der Waals surface area contributed by atoms with Gasteiger partial charge in [0, 0.05) is 22.6 Å². The van der Waals surface area contributed by atoms with E-state index in [0.717, 1.165) is 5.56 Å². The van der Waals surface area contributed by atoms with Crippen LogP contribution < -0.4 is 0 Å². The van der Waals surface area contributed by atoms with Crippen molar-refractivity contribution in [2.45, 2.75) is 26.4 Å². The van der Waals surface area contributed by atoms with E-state index in [1.54, 1.807) is 12.1 Å². The third-order valence-electron chi connectivity index (χ3n) is 2.68. The molecule has 0 radical (unpaired) electrons. The Bertz CT molecular complexity index is 421. The Morgan fingerprint density at radius 1 is 1.39 bits per heavy atom. The molecule has 3 nitrogen and oxygen atoms in total. The Balaban J connectivity index is 2.80. The quantitative estimate of drug-likeness (QED) is 0.779. The number of hydrogen-bond acceptors (Lipinski definition) is 3. The van der Waals surface area contributed by atoms with Crippen molar-refractivity contribution < 1.29 is 9.53 Å². The van der Waals surface area contributed by atoms with E-state index in [1.807, 2.05) is 24.8 Å². The molecule has 0 amide bonds. The zero-order valence-corrected chi connectivity index (χ0v) is 12.3. The van der Waals surface area contributed by atoms with Gasteiger partial charge in [-0.25, -0.2) is 0 Å². The smallest absolute Gasteiger partial charge is 0.319 e. The summed E-state index contributed by atoms with van der Waals surface area (Å²) in [4.78, 5) is 13.3. The fourth-order valence-corrected chi connectivity index (χ4v) is 1.99. The van der Waals surface area contributed by atoms with Crippen molar-refractivity contribution in [2.24, 2.45) is 0 Å². The van der Waals surface area contributed by atoms with Gasteiger partial charge in [0.2, 0.25) is 0 Å². The summed E-state index contributed by atoms with van der Waals surface area (Å²) >= 11 is 12.0. The summed E-state index contributed by atoms with van der Waals surface area (Å²) in [7, 11) is 1.39. The molecule has 0 aliphatic carbocycles. The minimum absolute atomic E-state index is 0.218. The van der Waals surface area contributed by atoms with Crippen molar-refractivity contribution in [1.82, 2.24) is 4.90 Å². The van der Waals surface area contributed by atoms with E-state index in [-0.39, 0.29) is 18.6 Å². The lowest BCUT2D eigenvalue weighted by atomic mass is 10.2. The second-order valence-electron chi connectivity index (χ2n) is 4.31. The maximum Gasteiger partial charge on any atom is 0.319 e. The van der Waals surface area contributed by atoms with Gasteiger partial charge in [-0.15, -0.1) is 0 Å². The van der Waals surface area contributed by atoms with E-state index < -0.39 is 0 Å².